The molecule has 23 heavy (non-hydrogen) atoms. The molecule has 0 saturated carbocycles. The number of hydrogen-bond donors (Lipinski definition) is 0. The van der Waals surface area contributed by atoms with Crippen molar-refractivity contribution in [1.29, 1.82) is 0 Å². The minimum Gasteiger partial charge on any atom is -0.456 e. The fraction of sp³-hybridized carbons (Fsp3) is 0. The monoisotopic (exact) mass is 409 g/mol. The van der Waals surface area contributed by atoms with Gasteiger partial charge in [0.1, 0.15) is 21.7 Å². The lowest BCUT2D eigenvalue weighted by Gasteiger charge is -2.11. The lowest BCUT2D eigenvalue weighted by atomic mass is 10.3. The van der Waals surface area contributed by atoms with Crippen molar-refractivity contribution in [2.24, 2.45) is 0 Å². The Morgan fingerprint density at radius 3 is 2.04 bits per heavy atom. The van der Waals surface area contributed by atoms with E-state index in [1.807, 2.05) is 12.1 Å². The minimum atomic E-state index is 0.381. The zero-order chi connectivity index (χ0) is 16.2. The molecule has 0 aliphatic heterocycles. The van der Waals surface area contributed by atoms with Gasteiger partial charge in [-0.15, -0.1) is 0 Å². The van der Waals surface area contributed by atoms with Gasteiger partial charge in [-0.25, -0.2) is 4.98 Å². The maximum atomic E-state index is 5.96. The van der Waals surface area contributed by atoms with E-state index in [0.717, 1.165) is 0 Å². The van der Waals surface area contributed by atoms with E-state index in [0.29, 0.717) is 37.6 Å². The quantitative estimate of drug-likeness (QED) is 0.477. The number of nitrogens with zero attached hydrogens (tertiary/aromatic N) is 1. The Morgan fingerprint density at radius 1 is 0.826 bits per heavy atom. The van der Waals surface area contributed by atoms with Gasteiger partial charge in [0.15, 0.2) is 0 Å². The van der Waals surface area contributed by atoms with Crippen LogP contribution in [0.3, 0.4) is 0 Å². The lowest BCUT2D eigenvalue weighted by molar-refractivity contribution is 0.440. The summed E-state index contributed by atoms with van der Waals surface area (Å²) >= 11 is 15.4. The van der Waals surface area contributed by atoms with E-state index in [-0.39, 0.29) is 0 Å². The Hall–Kier alpha value is -1.75. The summed E-state index contributed by atoms with van der Waals surface area (Å²) in [6.07, 6.45) is 1.60. The molecular formula is C17H10BrCl2NO2. The molecule has 3 nitrogen and oxygen atoms in total. The van der Waals surface area contributed by atoms with Crippen LogP contribution in [-0.4, -0.2) is 4.98 Å². The number of pyridine rings is 1. The summed E-state index contributed by atoms with van der Waals surface area (Å²) in [5.41, 5.74) is 0. The summed E-state index contributed by atoms with van der Waals surface area (Å²) in [6.45, 7) is 0. The molecule has 116 valence electrons. The fourth-order valence-electron chi connectivity index (χ4n) is 1.86. The minimum absolute atomic E-state index is 0.381. The van der Waals surface area contributed by atoms with Gasteiger partial charge in [-0.3, -0.25) is 0 Å². The van der Waals surface area contributed by atoms with E-state index < -0.39 is 0 Å². The molecule has 3 rings (SSSR count). The van der Waals surface area contributed by atoms with Crippen LogP contribution >= 0.6 is 39.1 Å². The fourth-order valence-corrected chi connectivity index (χ4v) is 2.61. The average molecular weight is 411 g/mol. The second-order valence-corrected chi connectivity index (χ2v) is 6.21. The zero-order valence-electron chi connectivity index (χ0n) is 11.7. The van der Waals surface area contributed by atoms with Crippen LogP contribution in [0.15, 0.2) is 65.3 Å². The Balaban J connectivity index is 1.86. The molecular weight excluding hydrogens is 401 g/mol. The highest BCUT2D eigenvalue weighted by atomic mass is 79.9. The maximum Gasteiger partial charge on any atom is 0.237 e. The summed E-state index contributed by atoms with van der Waals surface area (Å²) in [4.78, 5) is 4.20. The number of rotatable bonds is 4. The number of ether oxygens (including phenoxy) is 2. The average Bonchev–Trinajstić information content (AvgIpc) is 2.51. The van der Waals surface area contributed by atoms with Gasteiger partial charge in [-0.05, 0) is 52.3 Å². The molecule has 1 heterocycles. The van der Waals surface area contributed by atoms with Gasteiger partial charge in [0, 0.05) is 22.3 Å². The zero-order valence-corrected chi connectivity index (χ0v) is 14.8. The van der Waals surface area contributed by atoms with E-state index >= 15 is 0 Å². The smallest absolute Gasteiger partial charge is 0.237 e. The van der Waals surface area contributed by atoms with Crippen LogP contribution in [0.2, 0.25) is 10.0 Å². The highest BCUT2D eigenvalue weighted by Gasteiger charge is 2.12. The third-order valence-electron chi connectivity index (χ3n) is 2.86. The highest BCUT2D eigenvalue weighted by molar-refractivity contribution is 9.10. The number of aromatic nitrogens is 1. The lowest BCUT2D eigenvalue weighted by Crippen LogP contribution is -1.92. The van der Waals surface area contributed by atoms with Crippen molar-refractivity contribution in [3.05, 3.63) is 75.3 Å². The molecule has 6 heteroatoms. The van der Waals surface area contributed by atoms with E-state index in [2.05, 4.69) is 20.9 Å². The van der Waals surface area contributed by atoms with Crippen LogP contribution in [-0.2, 0) is 0 Å². The van der Waals surface area contributed by atoms with Crippen LogP contribution in [0.1, 0.15) is 0 Å². The van der Waals surface area contributed by atoms with Gasteiger partial charge in [0.2, 0.25) is 5.88 Å². The normalized spacial score (nSPS) is 10.4. The van der Waals surface area contributed by atoms with Crippen molar-refractivity contribution >= 4 is 39.1 Å². The van der Waals surface area contributed by atoms with Crippen LogP contribution in [0, 0.1) is 0 Å². The molecule has 0 radical (unpaired) electrons. The summed E-state index contributed by atoms with van der Waals surface area (Å²) in [7, 11) is 0. The molecule has 0 amide bonds. The van der Waals surface area contributed by atoms with Crippen molar-refractivity contribution in [2.75, 3.05) is 0 Å². The number of benzene rings is 2. The van der Waals surface area contributed by atoms with Crippen LogP contribution < -0.4 is 9.47 Å². The first-order valence-electron chi connectivity index (χ1n) is 6.63. The van der Waals surface area contributed by atoms with Gasteiger partial charge < -0.3 is 9.47 Å². The molecule has 0 fully saturated rings. The standard InChI is InChI=1S/C17H10BrCl2NO2/c18-16-15(22-13-5-1-3-11(19)9-13)7-8-21-17(16)23-14-6-2-4-12(20)10-14/h1-10H. The van der Waals surface area contributed by atoms with E-state index in [9.17, 15) is 0 Å². The van der Waals surface area contributed by atoms with Crippen LogP contribution in [0.4, 0.5) is 0 Å². The SMILES string of the molecule is Clc1cccc(Oc2ccnc(Oc3cccc(Cl)c3)c2Br)c1. The molecule has 0 unspecified atom stereocenters. The Morgan fingerprint density at radius 2 is 1.43 bits per heavy atom. The predicted molar refractivity (Wildman–Crippen MR) is 95.0 cm³/mol. The number of hydrogen-bond acceptors (Lipinski definition) is 3. The van der Waals surface area contributed by atoms with Crippen molar-refractivity contribution in [3.8, 4) is 23.1 Å². The van der Waals surface area contributed by atoms with Gasteiger partial charge in [0.05, 0.1) is 0 Å². The molecule has 0 saturated heterocycles. The Bertz CT molecular complexity index is 777. The molecule has 1 aromatic heterocycles. The second kappa shape index (κ2) is 7.21. The summed E-state index contributed by atoms with van der Waals surface area (Å²) in [6, 6.07) is 16.0. The van der Waals surface area contributed by atoms with Crippen LogP contribution in [0.25, 0.3) is 0 Å². The molecule has 0 atom stereocenters. The van der Waals surface area contributed by atoms with Crippen molar-refractivity contribution in [3.63, 3.8) is 0 Å². The summed E-state index contributed by atoms with van der Waals surface area (Å²) in [5, 5.41) is 1.19. The van der Waals surface area contributed by atoms with Crippen molar-refractivity contribution in [1.82, 2.24) is 4.98 Å². The first-order chi connectivity index (χ1) is 11.1. The topological polar surface area (TPSA) is 31.4 Å². The second-order valence-electron chi connectivity index (χ2n) is 4.55. The largest absolute Gasteiger partial charge is 0.456 e. The Labute approximate surface area is 151 Å². The molecule has 0 bridgehead atoms. The van der Waals surface area contributed by atoms with Crippen molar-refractivity contribution in [2.45, 2.75) is 0 Å². The molecule has 2 aromatic carbocycles. The third kappa shape index (κ3) is 4.16. The number of halogens is 3. The maximum absolute atomic E-state index is 5.96. The van der Waals surface area contributed by atoms with Gasteiger partial charge in [-0.2, -0.15) is 0 Å². The first-order valence-corrected chi connectivity index (χ1v) is 8.18. The van der Waals surface area contributed by atoms with Crippen LogP contribution in [0.5, 0.6) is 23.1 Å². The third-order valence-corrected chi connectivity index (χ3v) is 4.06. The summed E-state index contributed by atoms with van der Waals surface area (Å²) in [5.74, 6) is 2.16. The van der Waals surface area contributed by atoms with Gasteiger partial charge in [0.25, 0.3) is 0 Å². The summed E-state index contributed by atoms with van der Waals surface area (Å²) < 4.78 is 12.2. The van der Waals surface area contributed by atoms with Gasteiger partial charge >= 0.3 is 0 Å². The van der Waals surface area contributed by atoms with E-state index in [1.54, 1.807) is 48.7 Å². The molecule has 0 spiro atoms. The highest BCUT2D eigenvalue weighted by Crippen LogP contribution is 2.37. The Kier molecular flexibility index (Phi) is 5.06. The van der Waals surface area contributed by atoms with E-state index in [4.69, 9.17) is 32.7 Å². The van der Waals surface area contributed by atoms with Gasteiger partial charge in [-0.1, -0.05) is 35.3 Å². The molecule has 3 aromatic rings. The van der Waals surface area contributed by atoms with Crippen molar-refractivity contribution < 1.29 is 9.47 Å². The molecule has 0 aliphatic carbocycles. The predicted octanol–water partition coefficient (Wildman–Crippen LogP) is 6.74. The molecule has 0 aliphatic rings. The first kappa shape index (κ1) is 16.1. The molecule has 0 N–H and O–H groups in total. The van der Waals surface area contributed by atoms with E-state index in [1.165, 1.54) is 0 Å².